The molecule has 3 N–H and O–H groups in total. The van der Waals surface area contributed by atoms with Crippen LogP contribution < -0.4 is 20.3 Å². The lowest BCUT2D eigenvalue weighted by atomic mass is 9.91. The third-order valence-corrected chi connectivity index (χ3v) is 15.1. The highest BCUT2D eigenvalue weighted by Crippen LogP contribution is 2.38. The number of nitrogens with zero attached hydrogens (tertiary/aromatic N) is 8. The molecule has 7 heterocycles. The van der Waals surface area contributed by atoms with Crippen LogP contribution in [0.1, 0.15) is 89.8 Å². The van der Waals surface area contributed by atoms with E-state index in [0.29, 0.717) is 54.4 Å². The number of thiazole rings is 1. The van der Waals surface area contributed by atoms with E-state index in [0.717, 1.165) is 98.4 Å². The van der Waals surface area contributed by atoms with Gasteiger partial charge in [-0.25, -0.2) is 4.98 Å². The molecule has 5 aromatic rings. The van der Waals surface area contributed by atoms with Gasteiger partial charge in [-0.1, -0.05) is 50.2 Å². The number of aryl methyl sites for hydroxylation is 1. The molecule has 3 aromatic heterocycles. The molecule has 0 spiro atoms. The number of hydrogen-bond donors (Lipinski definition) is 3. The Balaban J connectivity index is 0.751. The molecule has 69 heavy (non-hydrogen) atoms. The Morgan fingerprint density at radius 3 is 2.49 bits per heavy atom. The maximum atomic E-state index is 14.6. The van der Waals surface area contributed by atoms with Crippen LogP contribution in [0, 0.1) is 18.8 Å². The monoisotopic (exact) mass is 961 g/mol. The summed E-state index contributed by atoms with van der Waals surface area (Å²) >= 11 is 1.61. The van der Waals surface area contributed by atoms with E-state index < -0.39 is 17.6 Å². The number of likely N-dealkylation sites (tertiary alicyclic amines) is 2. The Hall–Kier alpha value is -5.62. The predicted molar refractivity (Wildman–Crippen MR) is 268 cm³/mol. The molecular formula is C52H68N10O6S. The lowest BCUT2D eigenvalue weighted by Gasteiger charge is -2.47. The van der Waals surface area contributed by atoms with Crippen molar-refractivity contribution in [1.82, 2.24) is 40.4 Å². The van der Waals surface area contributed by atoms with Crippen LogP contribution in [-0.4, -0.2) is 141 Å². The number of piperazine rings is 1. The number of ether oxygens (including phenoxy) is 2. The van der Waals surface area contributed by atoms with Crippen molar-refractivity contribution >= 4 is 34.7 Å². The van der Waals surface area contributed by atoms with Gasteiger partial charge >= 0.3 is 0 Å². The molecule has 3 saturated heterocycles. The number of benzene rings is 2. The second-order valence-corrected chi connectivity index (χ2v) is 21.5. The summed E-state index contributed by atoms with van der Waals surface area (Å²) in [6, 6.07) is 18.6. The van der Waals surface area contributed by atoms with Crippen LogP contribution in [0.25, 0.3) is 21.7 Å². The summed E-state index contributed by atoms with van der Waals surface area (Å²) in [5.41, 5.74) is 6.88. The zero-order valence-corrected chi connectivity index (χ0v) is 41.9. The zero-order chi connectivity index (χ0) is 48.4. The van der Waals surface area contributed by atoms with Crippen molar-refractivity contribution in [2.24, 2.45) is 11.8 Å². The maximum Gasteiger partial charge on any atom is 0.254 e. The number of aromatic nitrogens is 4. The lowest BCUT2D eigenvalue weighted by molar-refractivity contribution is -0.141. The molecule has 2 amide bonds. The van der Waals surface area contributed by atoms with E-state index in [2.05, 4.69) is 63.9 Å². The summed E-state index contributed by atoms with van der Waals surface area (Å²) in [7, 11) is 0. The van der Waals surface area contributed by atoms with E-state index >= 15 is 0 Å². The first kappa shape index (κ1) is 48.4. The molecule has 5 unspecified atom stereocenters. The van der Waals surface area contributed by atoms with E-state index in [-0.39, 0.29) is 35.6 Å². The van der Waals surface area contributed by atoms with Crippen molar-refractivity contribution in [3.05, 3.63) is 83.2 Å². The van der Waals surface area contributed by atoms with Gasteiger partial charge in [0.2, 0.25) is 11.8 Å². The zero-order valence-electron chi connectivity index (χ0n) is 41.1. The van der Waals surface area contributed by atoms with Crippen LogP contribution in [0.15, 0.2) is 70.7 Å². The van der Waals surface area contributed by atoms with E-state index in [1.54, 1.807) is 28.4 Å². The molecule has 5 atom stereocenters. The van der Waals surface area contributed by atoms with Crippen LogP contribution in [-0.2, 0) is 14.3 Å². The standard InChI is InChI=1S/C52H68N10O6S/c1-32(2)47(51(65)62-30-39(67-52(5,6)7)24-43(62)50(64)55-33(3)36-12-14-37(15-13-36)48-34(4)54-31-69-48)45-26-46(58-68-45)66-23-22-59-18-16-35(17-19-59)28-60-20-21-61-38(29-60)27-53-49-42(61)25-41(56-57-49)40-10-8-9-11-44(40)63/h8-15,25-26,31-33,35,38-39,43,47,63H,16-24,27-30H2,1-7H3,(H,53,57)(H,55,64). The number of piperidine rings is 1. The Morgan fingerprint density at radius 2 is 1.77 bits per heavy atom. The topological polar surface area (TPSA) is 175 Å². The van der Waals surface area contributed by atoms with Crippen molar-refractivity contribution in [2.45, 2.75) is 103 Å². The molecule has 368 valence electrons. The summed E-state index contributed by atoms with van der Waals surface area (Å²) in [4.78, 5) is 43.5. The minimum Gasteiger partial charge on any atom is -0.507 e. The van der Waals surface area contributed by atoms with E-state index in [1.807, 2.05) is 84.3 Å². The SMILES string of the molecule is Cc1ncsc1-c1ccc(C(C)NC(=O)C2CC(OC(C)(C)C)CN2C(=O)C(c2cc(OCCN3CCC(CN4CCN5c6cc(-c7ccccc7O)nnc6NCC5C4)CC3)no2)C(C)C)cc1. The van der Waals surface area contributed by atoms with Gasteiger partial charge in [-0.2, -0.15) is 0 Å². The molecule has 0 radical (unpaired) electrons. The average molecular weight is 961 g/mol. The van der Waals surface area contributed by atoms with Crippen LogP contribution >= 0.6 is 11.3 Å². The number of rotatable bonds is 15. The number of para-hydroxylation sites is 1. The van der Waals surface area contributed by atoms with Gasteiger partial charge in [0.15, 0.2) is 11.6 Å². The van der Waals surface area contributed by atoms with Gasteiger partial charge in [-0.15, -0.1) is 21.5 Å². The number of aromatic hydroxyl groups is 1. The lowest BCUT2D eigenvalue weighted by Crippen LogP contribution is -2.58. The summed E-state index contributed by atoms with van der Waals surface area (Å²) < 4.78 is 18.4. The van der Waals surface area contributed by atoms with Crippen molar-refractivity contribution in [3.63, 3.8) is 0 Å². The molecule has 3 fully saturated rings. The minimum absolute atomic E-state index is 0.135. The van der Waals surface area contributed by atoms with Crippen LogP contribution in [0.2, 0.25) is 0 Å². The number of anilines is 2. The number of phenolic OH excluding ortho intramolecular Hbond substituents is 1. The normalized spacial score (nSPS) is 21.1. The first-order chi connectivity index (χ1) is 33.2. The fourth-order valence-corrected chi connectivity index (χ4v) is 11.4. The average Bonchev–Trinajstić information content (AvgIpc) is 4.09. The Bertz CT molecular complexity index is 2550. The van der Waals surface area contributed by atoms with Crippen LogP contribution in [0.5, 0.6) is 11.6 Å². The Labute approximate surface area is 409 Å². The van der Waals surface area contributed by atoms with Gasteiger partial charge < -0.3 is 39.5 Å². The van der Waals surface area contributed by atoms with Gasteiger partial charge in [-0.3, -0.25) is 19.4 Å². The molecule has 16 nitrogen and oxygen atoms in total. The number of carbonyl (C=O) groups is 2. The van der Waals surface area contributed by atoms with Gasteiger partial charge in [-0.05, 0) is 107 Å². The summed E-state index contributed by atoms with van der Waals surface area (Å²) in [6.45, 7) is 22.3. The summed E-state index contributed by atoms with van der Waals surface area (Å²) in [5.74, 6) is 1.22. The number of hydrogen-bond acceptors (Lipinski definition) is 15. The van der Waals surface area contributed by atoms with E-state index in [4.69, 9.17) is 14.0 Å². The number of carbonyl (C=O) groups excluding carboxylic acids is 2. The molecule has 9 rings (SSSR count). The largest absolute Gasteiger partial charge is 0.507 e. The first-order valence-electron chi connectivity index (χ1n) is 24.7. The molecule has 0 bridgehead atoms. The number of phenols is 1. The van der Waals surface area contributed by atoms with Crippen LogP contribution in [0.3, 0.4) is 0 Å². The quantitative estimate of drug-likeness (QED) is 0.0949. The molecule has 4 aliphatic heterocycles. The number of nitrogens with one attached hydrogen (secondary N) is 2. The molecule has 4 aliphatic rings. The van der Waals surface area contributed by atoms with Gasteiger partial charge in [0.05, 0.1) is 51.3 Å². The summed E-state index contributed by atoms with van der Waals surface area (Å²) in [6.07, 6.45) is 2.35. The highest BCUT2D eigenvalue weighted by molar-refractivity contribution is 7.13. The van der Waals surface area contributed by atoms with Crippen molar-refractivity contribution in [3.8, 4) is 33.3 Å². The second-order valence-electron chi connectivity index (χ2n) is 20.6. The fraction of sp³-hybridized carbons (Fsp3) is 0.538. The van der Waals surface area contributed by atoms with E-state index in [1.165, 1.54) is 0 Å². The van der Waals surface area contributed by atoms with Crippen molar-refractivity contribution in [2.75, 3.05) is 75.7 Å². The number of amides is 2. The van der Waals surface area contributed by atoms with Crippen molar-refractivity contribution < 1.29 is 28.7 Å². The highest BCUT2D eigenvalue weighted by Gasteiger charge is 2.45. The molecule has 2 aromatic carbocycles. The smallest absolute Gasteiger partial charge is 0.254 e. The first-order valence-corrected chi connectivity index (χ1v) is 25.5. The van der Waals surface area contributed by atoms with Gasteiger partial charge in [0, 0.05) is 63.9 Å². The Morgan fingerprint density at radius 1 is 0.986 bits per heavy atom. The molecule has 0 aliphatic carbocycles. The Kier molecular flexibility index (Phi) is 14.6. The number of fused-ring (bicyclic) bond motifs is 3. The molecule has 17 heteroatoms. The molecular weight excluding hydrogens is 893 g/mol. The third-order valence-electron chi connectivity index (χ3n) is 14.1. The van der Waals surface area contributed by atoms with Crippen molar-refractivity contribution in [1.29, 1.82) is 0 Å². The maximum absolute atomic E-state index is 14.6. The third kappa shape index (κ3) is 11.2. The second kappa shape index (κ2) is 20.8. The highest BCUT2D eigenvalue weighted by atomic mass is 32.1. The van der Waals surface area contributed by atoms with Gasteiger partial charge in [0.25, 0.3) is 5.88 Å². The van der Waals surface area contributed by atoms with E-state index in [9.17, 15) is 14.7 Å². The fourth-order valence-electron chi connectivity index (χ4n) is 10.5. The summed E-state index contributed by atoms with van der Waals surface area (Å²) in [5, 5.41) is 30.3. The van der Waals surface area contributed by atoms with Crippen LogP contribution in [0.4, 0.5) is 11.5 Å². The van der Waals surface area contributed by atoms with Gasteiger partial charge in [0.1, 0.15) is 24.3 Å². The predicted octanol–water partition coefficient (Wildman–Crippen LogP) is 7.38. The minimum atomic E-state index is -0.712. The molecule has 0 saturated carbocycles.